The molecule has 1 aliphatic rings. The molecule has 11 heteroatoms. The average Bonchev–Trinajstić information content (AvgIpc) is 3.47. The minimum absolute atomic E-state index is 0.203. The van der Waals surface area contributed by atoms with Gasteiger partial charge in [0, 0.05) is 19.6 Å². The molecule has 3 heterocycles. The Kier molecular flexibility index (Phi) is 6.89. The van der Waals surface area contributed by atoms with Crippen molar-refractivity contribution in [1.82, 2.24) is 24.4 Å². The van der Waals surface area contributed by atoms with E-state index in [1.807, 2.05) is 17.5 Å². The first-order valence-corrected chi connectivity index (χ1v) is 13.2. The summed E-state index contributed by atoms with van der Waals surface area (Å²) in [6.45, 7) is 3.20. The number of thiophene rings is 1. The fourth-order valence-electron chi connectivity index (χ4n) is 3.73. The quantitative estimate of drug-likeness (QED) is 0.491. The van der Waals surface area contributed by atoms with E-state index in [9.17, 15) is 13.2 Å². The van der Waals surface area contributed by atoms with Gasteiger partial charge in [-0.1, -0.05) is 24.6 Å². The van der Waals surface area contributed by atoms with E-state index in [4.69, 9.17) is 12.2 Å². The van der Waals surface area contributed by atoms with Gasteiger partial charge in [0.15, 0.2) is 10.6 Å². The summed E-state index contributed by atoms with van der Waals surface area (Å²) in [4.78, 5) is 14.0. The molecule has 1 aliphatic heterocycles. The van der Waals surface area contributed by atoms with E-state index in [-0.39, 0.29) is 17.3 Å². The van der Waals surface area contributed by atoms with Gasteiger partial charge in [0.1, 0.15) is 6.04 Å². The molecule has 4 rings (SSSR count). The molecule has 32 heavy (non-hydrogen) atoms. The zero-order chi connectivity index (χ0) is 22.7. The van der Waals surface area contributed by atoms with Crippen molar-refractivity contribution in [2.45, 2.75) is 43.7 Å². The van der Waals surface area contributed by atoms with Crippen LogP contribution < -0.4 is 5.32 Å². The number of nitrogens with zero attached hydrogens (tertiary/aromatic N) is 3. The zero-order valence-corrected chi connectivity index (χ0v) is 20.1. The van der Waals surface area contributed by atoms with Crippen LogP contribution in [0.1, 0.15) is 37.8 Å². The van der Waals surface area contributed by atoms with E-state index in [0.29, 0.717) is 23.7 Å². The molecule has 0 radical (unpaired) electrons. The van der Waals surface area contributed by atoms with E-state index < -0.39 is 16.1 Å². The number of sulfonamides is 1. The fraction of sp³-hybridized carbons (Fsp3) is 0.381. The fourth-order valence-corrected chi connectivity index (χ4v) is 6.25. The van der Waals surface area contributed by atoms with E-state index in [0.717, 1.165) is 29.7 Å². The molecule has 1 aromatic carbocycles. The summed E-state index contributed by atoms with van der Waals surface area (Å²) in [5.74, 6) is 0.422. The van der Waals surface area contributed by atoms with Crippen LogP contribution >= 0.6 is 23.6 Å². The molecule has 0 saturated carbocycles. The van der Waals surface area contributed by atoms with Gasteiger partial charge in [0.05, 0.1) is 9.77 Å². The van der Waals surface area contributed by atoms with Gasteiger partial charge in [0.2, 0.25) is 15.9 Å². The molecule has 2 N–H and O–H groups in total. The van der Waals surface area contributed by atoms with E-state index in [2.05, 4.69) is 15.5 Å². The predicted octanol–water partition coefficient (Wildman–Crippen LogP) is 3.72. The third-order valence-corrected chi connectivity index (χ3v) is 8.62. The molecule has 0 aliphatic carbocycles. The summed E-state index contributed by atoms with van der Waals surface area (Å²) in [7, 11) is -3.46. The van der Waals surface area contributed by atoms with Crippen molar-refractivity contribution in [3.05, 3.63) is 52.1 Å². The monoisotopic (exact) mass is 491 g/mol. The highest BCUT2D eigenvalue weighted by Gasteiger charge is 2.26. The molecular formula is C21H25N5O3S3. The zero-order valence-electron chi connectivity index (χ0n) is 17.7. The number of carbonyl (C=O) groups excluding carboxylic acids is 1. The maximum Gasteiger partial charge on any atom is 0.243 e. The van der Waals surface area contributed by atoms with Crippen molar-refractivity contribution in [2.75, 3.05) is 13.1 Å². The number of H-pyrrole nitrogens is 1. The topological polar surface area (TPSA) is 100 Å². The van der Waals surface area contributed by atoms with Gasteiger partial charge in [0.25, 0.3) is 0 Å². The molecule has 3 aromatic rings. The Balaban J connectivity index is 1.42. The minimum atomic E-state index is -3.46. The number of hydrogen-bond acceptors (Lipinski definition) is 6. The van der Waals surface area contributed by atoms with Crippen LogP contribution in [0.15, 0.2) is 46.7 Å². The van der Waals surface area contributed by atoms with Gasteiger partial charge >= 0.3 is 0 Å². The van der Waals surface area contributed by atoms with Gasteiger partial charge in [-0.05, 0) is 61.1 Å². The summed E-state index contributed by atoms with van der Waals surface area (Å²) in [5.41, 5.74) is 0.817. The molecule has 0 spiro atoms. The Morgan fingerprint density at radius 1 is 1.22 bits per heavy atom. The Bertz CT molecular complexity index is 1220. The molecule has 2 aromatic heterocycles. The van der Waals surface area contributed by atoms with Crippen LogP contribution in [-0.2, 0) is 21.4 Å². The second kappa shape index (κ2) is 9.65. The largest absolute Gasteiger partial charge is 0.350 e. The average molecular weight is 492 g/mol. The Morgan fingerprint density at radius 2 is 1.94 bits per heavy atom. The molecule has 1 saturated heterocycles. The second-order valence-corrected chi connectivity index (χ2v) is 11.0. The van der Waals surface area contributed by atoms with Crippen LogP contribution in [0.3, 0.4) is 0 Å². The molecule has 0 bridgehead atoms. The molecule has 1 atom stereocenters. The lowest BCUT2D eigenvalue weighted by molar-refractivity contribution is -0.124. The first kappa shape index (κ1) is 22.8. The number of benzene rings is 1. The number of aromatic amines is 1. The summed E-state index contributed by atoms with van der Waals surface area (Å²) in [6.07, 6.45) is 2.87. The normalized spacial score (nSPS) is 16.0. The van der Waals surface area contributed by atoms with E-state index in [1.165, 1.54) is 11.3 Å². The van der Waals surface area contributed by atoms with Gasteiger partial charge in [-0.15, -0.1) is 11.3 Å². The molecule has 1 amide bonds. The van der Waals surface area contributed by atoms with Crippen molar-refractivity contribution < 1.29 is 13.2 Å². The first-order valence-electron chi connectivity index (χ1n) is 10.5. The maximum atomic E-state index is 12.8. The van der Waals surface area contributed by atoms with Crippen molar-refractivity contribution >= 4 is 39.5 Å². The number of nitrogens with one attached hydrogen (secondary N) is 2. The van der Waals surface area contributed by atoms with Crippen LogP contribution in [0.2, 0.25) is 0 Å². The first-order chi connectivity index (χ1) is 15.4. The van der Waals surface area contributed by atoms with Crippen LogP contribution in [0, 0.1) is 4.77 Å². The van der Waals surface area contributed by atoms with Crippen molar-refractivity contribution in [3.63, 3.8) is 0 Å². The van der Waals surface area contributed by atoms with Crippen molar-refractivity contribution in [1.29, 1.82) is 0 Å². The van der Waals surface area contributed by atoms with E-state index in [1.54, 1.807) is 40.1 Å². The van der Waals surface area contributed by atoms with Gasteiger partial charge in [-0.2, -0.15) is 9.40 Å². The molecular weight excluding hydrogens is 466 g/mol. The van der Waals surface area contributed by atoms with Crippen LogP contribution in [0.4, 0.5) is 0 Å². The highest BCUT2D eigenvalue weighted by molar-refractivity contribution is 7.89. The highest BCUT2D eigenvalue weighted by atomic mass is 32.2. The van der Waals surface area contributed by atoms with Crippen LogP contribution in [-0.4, -0.2) is 46.5 Å². The minimum Gasteiger partial charge on any atom is -0.350 e. The maximum absolute atomic E-state index is 12.8. The number of hydrogen-bond donors (Lipinski definition) is 2. The molecule has 1 fully saturated rings. The smallest absolute Gasteiger partial charge is 0.243 e. The van der Waals surface area contributed by atoms with Gasteiger partial charge < -0.3 is 5.32 Å². The SMILES string of the molecule is CC(C(=O)NCc1ccc(S(=O)(=O)N2CCCCC2)cc1)n1c(-c2cccs2)n[nH]c1=S. The predicted molar refractivity (Wildman–Crippen MR) is 126 cm³/mol. The van der Waals surface area contributed by atoms with Crippen LogP contribution in [0.25, 0.3) is 10.7 Å². The van der Waals surface area contributed by atoms with E-state index >= 15 is 0 Å². The van der Waals surface area contributed by atoms with Gasteiger partial charge in [-0.3, -0.25) is 14.5 Å². The van der Waals surface area contributed by atoms with Gasteiger partial charge in [-0.25, -0.2) is 8.42 Å². The molecule has 170 valence electrons. The number of aromatic nitrogens is 3. The number of rotatable bonds is 7. The number of amides is 1. The summed E-state index contributed by atoms with van der Waals surface area (Å²) < 4.78 is 29.2. The third-order valence-electron chi connectivity index (χ3n) is 5.56. The number of carbonyl (C=O) groups is 1. The molecule has 8 nitrogen and oxygen atoms in total. The Hall–Kier alpha value is -2.34. The lowest BCUT2D eigenvalue weighted by Gasteiger charge is -2.25. The standard InChI is InChI=1S/C21H25N5O3S3/c1-15(26-19(23-24-21(26)30)18-6-5-13-31-18)20(27)22-14-16-7-9-17(10-8-16)32(28,29)25-11-3-2-4-12-25/h5-10,13,15H,2-4,11-12,14H2,1H3,(H,22,27)(H,24,30). The third kappa shape index (κ3) is 4.70. The lowest BCUT2D eigenvalue weighted by atomic mass is 10.2. The highest BCUT2D eigenvalue weighted by Crippen LogP contribution is 2.26. The van der Waals surface area contributed by atoms with Crippen molar-refractivity contribution in [3.8, 4) is 10.7 Å². The summed E-state index contributed by atoms with van der Waals surface area (Å²) in [5, 5.41) is 11.9. The van der Waals surface area contributed by atoms with Crippen LogP contribution in [0.5, 0.6) is 0 Å². The summed E-state index contributed by atoms with van der Waals surface area (Å²) >= 11 is 6.85. The second-order valence-electron chi connectivity index (χ2n) is 7.70. The number of piperidine rings is 1. The lowest BCUT2D eigenvalue weighted by Crippen LogP contribution is -2.35. The Morgan fingerprint density at radius 3 is 2.59 bits per heavy atom. The van der Waals surface area contributed by atoms with Crippen molar-refractivity contribution in [2.24, 2.45) is 0 Å². The summed E-state index contributed by atoms with van der Waals surface area (Å²) in [6, 6.07) is 9.98. The Labute approximate surface area is 196 Å². The molecule has 1 unspecified atom stereocenters.